The molecule has 0 atom stereocenters. The Morgan fingerprint density at radius 3 is 2.78 bits per heavy atom. The van der Waals surface area contributed by atoms with Gasteiger partial charge in [-0.1, -0.05) is 0 Å². The van der Waals surface area contributed by atoms with Gasteiger partial charge in [-0.2, -0.15) is 0 Å². The highest BCUT2D eigenvalue weighted by molar-refractivity contribution is 7.92. The molecule has 0 amide bonds. The lowest BCUT2D eigenvalue weighted by atomic mass is 10.2. The molecule has 0 fully saturated rings. The number of H-pyrrole nitrogens is 1. The molecule has 1 rings (SSSR count). The van der Waals surface area contributed by atoms with Crippen LogP contribution in [0.1, 0.15) is 23.0 Å². The molecule has 1 heterocycles. The smallest absolute Gasteiger partial charge is 0.339 e. The van der Waals surface area contributed by atoms with Crippen molar-refractivity contribution < 1.29 is 23.1 Å². The number of carbonyl (C=O) groups is 1. The number of aromatic carboxylic acids is 1. The predicted molar refractivity (Wildman–Crippen MR) is 66.4 cm³/mol. The van der Waals surface area contributed by atoms with Crippen LogP contribution in [-0.4, -0.2) is 43.4 Å². The molecule has 102 valence electrons. The molecular formula is C10H16N2O5S. The van der Waals surface area contributed by atoms with Crippen LogP contribution in [0.3, 0.4) is 0 Å². The summed E-state index contributed by atoms with van der Waals surface area (Å²) in [5.74, 6) is -1.40. The molecule has 0 aromatic carbocycles. The molecule has 7 nitrogen and oxygen atoms in total. The molecule has 3 N–H and O–H groups in total. The summed E-state index contributed by atoms with van der Waals surface area (Å²) < 4.78 is 30.5. The number of aromatic amines is 1. The normalized spacial score (nSPS) is 11.4. The second-order valence-electron chi connectivity index (χ2n) is 3.63. The van der Waals surface area contributed by atoms with E-state index in [0.29, 0.717) is 12.3 Å². The Bertz CT molecular complexity index is 520. The number of anilines is 1. The Hall–Kier alpha value is -1.54. The van der Waals surface area contributed by atoms with E-state index in [1.165, 1.54) is 6.20 Å². The summed E-state index contributed by atoms with van der Waals surface area (Å²) in [5.41, 5.74) is 0.358. The van der Waals surface area contributed by atoms with E-state index in [1.54, 1.807) is 13.8 Å². The van der Waals surface area contributed by atoms with Gasteiger partial charge in [-0.05, 0) is 13.8 Å². The van der Waals surface area contributed by atoms with Gasteiger partial charge in [-0.15, -0.1) is 0 Å². The van der Waals surface area contributed by atoms with Crippen molar-refractivity contribution >= 4 is 21.7 Å². The number of rotatable bonds is 7. The number of carboxylic acids is 1. The molecule has 0 radical (unpaired) electrons. The van der Waals surface area contributed by atoms with Crippen LogP contribution in [0.5, 0.6) is 0 Å². The highest BCUT2D eigenvalue weighted by Crippen LogP contribution is 2.20. The van der Waals surface area contributed by atoms with Gasteiger partial charge in [0.05, 0.1) is 18.0 Å². The van der Waals surface area contributed by atoms with Crippen molar-refractivity contribution in [3.63, 3.8) is 0 Å². The monoisotopic (exact) mass is 276 g/mol. The van der Waals surface area contributed by atoms with E-state index in [9.17, 15) is 13.2 Å². The number of carboxylic acid groups (broad SMARTS) is 1. The van der Waals surface area contributed by atoms with Crippen molar-refractivity contribution in [3.05, 3.63) is 17.5 Å². The summed E-state index contributed by atoms with van der Waals surface area (Å²) >= 11 is 0. The first kappa shape index (κ1) is 14.5. The fourth-order valence-corrected chi connectivity index (χ4v) is 2.35. The van der Waals surface area contributed by atoms with Crippen LogP contribution in [0.25, 0.3) is 0 Å². The number of hydrogen-bond acceptors (Lipinski definition) is 4. The Morgan fingerprint density at radius 2 is 2.22 bits per heavy atom. The van der Waals surface area contributed by atoms with E-state index in [-0.39, 0.29) is 23.6 Å². The van der Waals surface area contributed by atoms with Crippen LogP contribution < -0.4 is 4.72 Å². The quantitative estimate of drug-likeness (QED) is 0.638. The van der Waals surface area contributed by atoms with Crippen LogP contribution in [0.4, 0.5) is 5.69 Å². The lowest BCUT2D eigenvalue weighted by Crippen LogP contribution is -2.21. The Labute approximate surface area is 105 Å². The Morgan fingerprint density at radius 1 is 1.56 bits per heavy atom. The van der Waals surface area contributed by atoms with Crippen LogP contribution >= 0.6 is 0 Å². The molecule has 0 unspecified atom stereocenters. The van der Waals surface area contributed by atoms with Crippen molar-refractivity contribution in [1.29, 1.82) is 0 Å². The van der Waals surface area contributed by atoms with Crippen LogP contribution in [-0.2, 0) is 14.8 Å². The third-order valence-corrected chi connectivity index (χ3v) is 3.49. The topological polar surface area (TPSA) is 108 Å². The molecule has 0 aliphatic carbocycles. The van der Waals surface area contributed by atoms with Crippen LogP contribution in [0, 0.1) is 6.92 Å². The second-order valence-corrected chi connectivity index (χ2v) is 5.47. The van der Waals surface area contributed by atoms with Crippen molar-refractivity contribution in [1.82, 2.24) is 4.98 Å². The number of hydrogen-bond donors (Lipinski definition) is 3. The minimum absolute atomic E-state index is 0.0384. The molecule has 0 saturated heterocycles. The second kappa shape index (κ2) is 5.87. The van der Waals surface area contributed by atoms with Gasteiger partial charge >= 0.3 is 5.97 Å². The molecule has 0 spiro atoms. The zero-order valence-corrected chi connectivity index (χ0v) is 11.0. The van der Waals surface area contributed by atoms with E-state index < -0.39 is 16.0 Å². The van der Waals surface area contributed by atoms with Crippen LogP contribution in [0.2, 0.25) is 0 Å². The maximum absolute atomic E-state index is 11.7. The molecule has 8 heteroatoms. The number of aryl methyl sites for hydroxylation is 1. The van der Waals surface area contributed by atoms with Gasteiger partial charge in [0.15, 0.2) is 0 Å². The summed E-state index contributed by atoms with van der Waals surface area (Å²) in [6, 6.07) is 0. The third-order valence-electron chi connectivity index (χ3n) is 2.26. The molecule has 1 aromatic rings. The molecule has 0 saturated carbocycles. The van der Waals surface area contributed by atoms with Gasteiger partial charge in [-0.25, -0.2) is 13.2 Å². The predicted octanol–water partition coefficient (Wildman–Crippen LogP) is 0.800. The zero-order valence-electron chi connectivity index (χ0n) is 10.2. The minimum Gasteiger partial charge on any atom is -0.478 e. The average molecular weight is 276 g/mol. The fraction of sp³-hybridized carbons (Fsp3) is 0.500. The van der Waals surface area contributed by atoms with Gasteiger partial charge in [-0.3, -0.25) is 4.72 Å². The van der Waals surface area contributed by atoms with E-state index >= 15 is 0 Å². The minimum atomic E-state index is -3.61. The van der Waals surface area contributed by atoms with Gasteiger partial charge < -0.3 is 14.8 Å². The fourth-order valence-electron chi connectivity index (χ4n) is 1.41. The molecule has 1 aromatic heterocycles. The van der Waals surface area contributed by atoms with Crippen molar-refractivity contribution in [2.24, 2.45) is 0 Å². The first-order valence-electron chi connectivity index (χ1n) is 5.37. The summed E-state index contributed by atoms with van der Waals surface area (Å²) in [6.07, 6.45) is 1.32. The number of ether oxygens (including phenoxy) is 1. The highest BCUT2D eigenvalue weighted by atomic mass is 32.2. The average Bonchev–Trinajstić information content (AvgIpc) is 2.59. The highest BCUT2D eigenvalue weighted by Gasteiger charge is 2.19. The standard InChI is InChI=1S/C10H16N2O5S/c1-3-17-4-5-18(15,16)12-8-6-11-7(2)9(8)10(13)14/h6,11-12H,3-5H2,1-2H3,(H,13,14). The molecule has 0 aliphatic rings. The first-order chi connectivity index (χ1) is 8.37. The summed E-state index contributed by atoms with van der Waals surface area (Å²) in [5, 5.41) is 8.97. The first-order valence-corrected chi connectivity index (χ1v) is 7.02. The van der Waals surface area contributed by atoms with Gasteiger partial charge in [0, 0.05) is 18.5 Å². The summed E-state index contributed by atoms with van der Waals surface area (Å²) in [7, 11) is -3.61. The van der Waals surface area contributed by atoms with Crippen molar-refractivity contribution in [2.75, 3.05) is 23.7 Å². The maximum atomic E-state index is 11.7. The summed E-state index contributed by atoms with van der Waals surface area (Å²) in [4.78, 5) is 13.6. The molecule has 0 bridgehead atoms. The number of aromatic nitrogens is 1. The molecule has 0 aliphatic heterocycles. The van der Waals surface area contributed by atoms with E-state index in [0.717, 1.165) is 0 Å². The van der Waals surface area contributed by atoms with Crippen LogP contribution in [0.15, 0.2) is 6.20 Å². The Kier molecular flexibility index (Phi) is 4.74. The van der Waals surface area contributed by atoms with Crippen molar-refractivity contribution in [3.8, 4) is 0 Å². The van der Waals surface area contributed by atoms with Gasteiger partial charge in [0.25, 0.3) is 0 Å². The zero-order chi connectivity index (χ0) is 13.8. The van der Waals surface area contributed by atoms with E-state index in [2.05, 4.69) is 9.71 Å². The van der Waals surface area contributed by atoms with E-state index in [4.69, 9.17) is 9.84 Å². The third kappa shape index (κ3) is 3.74. The van der Waals surface area contributed by atoms with Gasteiger partial charge in [0.2, 0.25) is 10.0 Å². The lowest BCUT2D eigenvalue weighted by Gasteiger charge is -2.07. The largest absolute Gasteiger partial charge is 0.478 e. The maximum Gasteiger partial charge on any atom is 0.339 e. The van der Waals surface area contributed by atoms with E-state index in [1.807, 2.05) is 0 Å². The molecular weight excluding hydrogens is 260 g/mol. The Balaban J connectivity index is 2.81. The number of sulfonamides is 1. The lowest BCUT2D eigenvalue weighted by molar-refractivity contribution is 0.0697. The number of nitrogens with one attached hydrogen (secondary N) is 2. The SMILES string of the molecule is CCOCCS(=O)(=O)Nc1c[nH]c(C)c1C(=O)O. The molecule has 18 heavy (non-hydrogen) atoms. The van der Waals surface area contributed by atoms with Crippen molar-refractivity contribution in [2.45, 2.75) is 13.8 Å². The summed E-state index contributed by atoms with van der Waals surface area (Å²) in [6.45, 7) is 3.82. The van der Waals surface area contributed by atoms with Gasteiger partial charge in [0.1, 0.15) is 5.56 Å².